The highest BCUT2D eigenvalue weighted by atomic mass is 35.5. The van der Waals surface area contributed by atoms with Crippen LogP contribution in [0.25, 0.3) is 0 Å². The van der Waals surface area contributed by atoms with Crippen molar-refractivity contribution in [2.75, 3.05) is 0 Å². The highest BCUT2D eigenvalue weighted by Crippen LogP contribution is 2.39. The van der Waals surface area contributed by atoms with E-state index in [4.69, 9.17) is 21.8 Å². The summed E-state index contributed by atoms with van der Waals surface area (Å²) in [5.41, 5.74) is 0.875. The SMILES string of the molecule is O=C(O)CC1C(C(=O)O)=Nc2cc(Cl)ccc21. The number of hydrogen-bond donors (Lipinski definition) is 2. The molecule has 2 N–H and O–H groups in total. The first-order valence-corrected chi connectivity index (χ1v) is 5.20. The van der Waals surface area contributed by atoms with E-state index in [2.05, 4.69) is 4.99 Å². The second-order valence-electron chi connectivity index (χ2n) is 3.66. The minimum absolute atomic E-state index is 0.148. The lowest BCUT2D eigenvalue weighted by molar-refractivity contribution is -0.137. The molecule has 6 heteroatoms. The Morgan fingerprint density at radius 3 is 2.65 bits per heavy atom. The average Bonchev–Trinajstić information content (AvgIpc) is 2.55. The summed E-state index contributed by atoms with van der Waals surface area (Å²) < 4.78 is 0. The van der Waals surface area contributed by atoms with Gasteiger partial charge in [-0.2, -0.15) is 0 Å². The molecular weight excluding hydrogens is 246 g/mol. The van der Waals surface area contributed by atoms with E-state index >= 15 is 0 Å². The molecule has 0 fully saturated rings. The average molecular weight is 254 g/mol. The van der Waals surface area contributed by atoms with Gasteiger partial charge in [-0.3, -0.25) is 4.79 Å². The first-order valence-electron chi connectivity index (χ1n) is 4.82. The van der Waals surface area contributed by atoms with Crippen molar-refractivity contribution in [3.63, 3.8) is 0 Å². The van der Waals surface area contributed by atoms with Crippen LogP contribution in [-0.2, 0) is 9.59 Å². The van der Waals surface area contributed by atoms with Gasteiger partial charge >= 0.3 is 11.9 Å². The van der Waals surface area contributed by atoms with Gasteiger partial charge in [0.25, 0.3) is 0 Å². The third-order valence-electron chi connectivity index (χ3n) is 2.54. The van der Waals surface area contributed by atoms with Crippen LogP contribution < -0.4 is 0 Å². The number of aliphatic imine (C=N–C) groups is 1. The molecule has 0 saturated carbocycles. The van der Waals surface area contributed by atoms with E-state index < -0.39 is 17.9 Å². The first kappa shape index (κ1) is 11.6. The summed E-state index contributed by atoms with van der Waals surface area (Å²) in [7, 11) is 0. The molecule has 1 heterocycles. The Labute approximate surface area is 101 Å². The standard InChI is InChI=1S/C11H8ClNO4/c12-5-1-2-6-7(4-9(14)15)10(11(16)17)13-8(6)3-5/h1-3,7H,4H2,(H,14,15)(H,16,17). The van der Waals surface area contributed by atoms with Gasteiger partial charge < -0.3 is 10.2 Å². The molecule has 1 aliphatic heterocycles. The lowest BCUT2D eigenvalue weighted by Crippen LogP contribution is -2.21. The molecule has 1 aliphatic rings. The van der Waals surface area contributed by atoms with E-state index in [1.807, 2.05) is 0 Å². The maximum Gasteiger partial charge on any atom is 0.350 e. The van der Waals surface area contributed by atoms with Crippen LogP contribution in [0.15, 0.2) is 23.2 Å². The van der Waals surface area contributed by atoms with Crippen molar-refractivity contribution in [1.29, 1.82) is 0 Å². The number of hydrogen-bond acceptors (Lipinski definition) is 3. The van der Waals surface area contributed by atoms with Gasteiger partial charge in [-0.25, -0.2) is 9.79 Å². The molecule has 1 atom stereocenters. The van der Waals surface area contributed by atoms with E-state index in [1.54, 1.807) is 12.1 Å². The second kappa shape index (κ2) is 4.18. The predicted molar refractivity (Wildman–Crippen MR) is 61.2 cm³/mol. The zero-order chi connectivity index (χ0) is 12.6. The summed E-state index contributed by atoms with van der Waals surface area (Å²) in [5.74, 6) is -2.98. The molecule has 0 aromatic heterocycles. The number of carboxylic acid groups (broad SMARTS) is 2. The molecule has 0 spiro atoms. The van der Waals surface area contributed by atoms with Crippen molar-refractivity contribution in [2.24, 2.45) is 4.99 Å². The Kier molecular flexibility index (Phi) is 2.85. The molecular formula is C11H8ClNO4. The molecule has 0 bridgehead atoms. The Bertz CT molecular complexity index is 538. The van der Waals surface area contributed by atoms with Crippen LogP contribution in [0.4, 0.5) is 5.69 Å². The number of halogens is 1. The lowest BCUT2D eigenvalue weighted by atomic mass is 9.93. The van der Waals surface area contributed by atoms with Crippen molar-refractivity contribution in [1.82, 2.24) is 0 Å². The molecule has 1 unspecified atom stereocenters. The Balaban J connectivity index is 2.47. The fraction of sp³-hybridized carbons (Fsp3) is 0.182. The van der Waals surface area contributed by atoms with Crippen LogP contribution in [0.3, 0.4) is 0 Å². The number of nitrogens with zero attached hydrogens (tertiary/aromatic N) is 1. The number of benzene rings is 1. The fourth-order valence-electron chi connectivity index (χ4n) is 1.84. The number of carboxylic acids is 2. The monoisotopic (exact) mass is 253 g/mol. The second-order valence-corrected chi connectivity index (χ2v) is 4.09. The molecule has 1 aromatic rings. The van der Waals surface area contributed by atoms with Gasteiger partial charge in [-0.05, 0) is 17.7 Å². The van der Waals surface area contributed by atoms with Crippen LogP contribution in [0, 0.1) is 0 Å². The third kappa shape index (κ3) is 2.14. The molecule has 5 nitrogen and oxygen atoms in total. The van der Waals surface area contributed by atoms with E-state index in [-0.39, 0.29) is 12.1 Å². The zero-order valence-electron chi connectivity index (χ0n) is 8.55. The number of carbonyl (C=O) groups is 2. The van der Waals surface area contributed by atoms with Crippen molar-refractivity contribution in [3.05, 3.63) is 28.8 Å². The molecule has 88 valence electrons. The Morgan fingerprint density at radius 2 is 2.06 bits per heavy atom. The van der Waals surface area contributed by atoms with Gasteiger partial charge in [0.1, 0.15) is 5.71 Å². The molecule has 0 aliphatic carbocycles. The first-order chi connectivity index (χ1) is 7.99. The van der Waals surface area contributed by atoms with E-state index in [1.165, 1.54) is 6.07 Å². The number of rotatable bonds is 3. The maximum absolute atomic E-state index is 11.0. The van der Waals surface area contributed by atoms with E-state index in [0.717, 1.165) is 0 Å². The van der Waals surface area contributed by atoms with Crippen LogP contribution in [0.5, 0.6) is 0 Å². The summed E-state index contributed by atoms with van der Waals surface area (Å²) in [6, 6.07) is 4.74. The number of aliphatic carboxylic acids is 2. The van der Waals surface area contributed by atoms with Gasteiger partial charge in [0, 0.05) is 10.9 Å². The van der Waals surface area contributed by atoms with Gasteiger partial charge in [0.05, 0.1) is 12.1 Å². The molecule has 0 amide bonds. The predicted octanol–water partition coefficient (Wildman–Crippen LogP) is 2.07. The minimum Gasteiger partial charge on any atom is -0.481 e. The molecule has 0 saturated heterocycles. The zero-order valence-corrected chi connectivity index (χ0v) is 9.31. The molecule has 2 rings (SSSR count). The summed E-state index contributed by atoms with van der Waals surface area (Å²) >= 11 is 5.77. The molecule has 1 aromatic carbocycles. The van der Waals surface area contributed by atoms with E-state index in [0.29, 0.717) is 16.3 Å². The van der Waals surface area contributed by atoms with Gasteiger partial charge in [0.2, 0.25) is 0 Å². The topological polar surface area (TPSA) is 87.0 Å². The van der Waals surface area contributed by atoms with Crippen molar-refractivity contribution < 1.29 is 19.8 Å². The molecule has 0 radical (unpaired) electrons. The summed E-state index contributed by atoms with van der Waals surface area (Å²) in [4.78, 5) is 25.6. The highest BCUT2D eigenvalue weighted by Gasteiger charge is 2.33. The quantitative estimate of drug-likeness (QED) is 0.863. The highest BCUT2D eigenvalue weighted by molar-refractivity contribution is 6.40. The normalized spacial score (nSPS) is 17.5. The fourth-order valence-corrected chi connectivity index (χ4v) is 2.01. The van der Waals surface area contributed by atoms with Crippen LogP contribution in [0.1, 0.15) is 17.9 Å². The van der Waals surface area contributed by atoms with Crippen LogP contribution in [-0.4, -0.2) is 27.9 Å². The van der Waals surface area contributed by atoms with E-state index in [9.17, 15) is 9.59 Å². The van der Waals surface area contributed by atoms with Gasteiger partial charge in [0.15, 0.2) is 0 Å². The Hall–Kier alpha value is -1.88. The van der Waals surface area contributed by atoms with Crippen LogP contribution in [0.2, 0.25) is 5.02 Å². The minimum atomic E-state index is -1.21. The van der Waals surface area contributed by atoms with Gasteiger partial charge in [-0.15, -0.1) is 0 Å². The maximum atomic E-state index is 11.0. The third-order valence-corrected chi connectivity index (χ3v) is 2.77. The molecule has 17 heavy (non-hydrogen) atoms. The summed E-state index contributed by atoms with van der Waals surface area (Å²) in [5, 5.41) is 18.2. The lowest BCUT2D eigenvalue weighted by Gasteiger charge is -2.09. The smallest absolute Gasteiger partial charge is 0.350 e. The van der Waals surface area contributed by atoms with Gasteiger partial charge in [-0.1, -0.05) is 17.7 Å². The number of fused-ring (bicyclic) bond motifs is 1. The Morgan fingerprint density at radius 1 is 1.35 bits per heavy atom. The summed E-state index contributed by atoms with van der Waals surface area (Å²) in [6.07, 6.45) is -0.292. The summed E-state index contributed by atoms with van der Waals surface area (Å²) in [6.45, 7) is 0. The van der Waals surface area contributed by atoms with Crippen LogP contribution >= 0.6 is 11.6 Å². The largest absolute Gasteiger partial charge is 0.481 e. The van der Waals surface area contributed by atoms with Crippen molar-refractivity contribution in [3.8, 4) is 0 Å². The van der Waals surface area contributed by atoms with Crippen molar-refractivity contribution >= 4 is 34.9 Å². The van der Waals surface area contributed by atoms with Crippen molar-refractivity contribution in [2.45, 2.75) is 12.3 Å².